The van der Waals surface area contributed by atoms with E-state index >= 15 is 0 Å². The van der Waals surface area contributed by atoms with Crippen molar-refractivity contribution in [2.24, 2.45) is 7.05 Å². The molecule has 4 N–H and O–H groups in total. The second-order valence-corrected chi connectivity index (χ2v) is 9.55. The van der Waals surface area contributed by atoms with E-state index in [1.165, 1.54) is 0 Å². The molecule has 12 heteroatoms. The van der Waals surface area contributed by atoms with Gasteiger partial charge >= 0.3 is 11.9 Å². The second kappa shape index (κ2) is 16.0. The van der Waals surface area contributed by atoms with Gasteiger partial charge in [0.05, 0.1) is 32.4 Å². The molecule has 0 amide bonds. The van der Waals surface area contributed by atoms with Crippen LogP contribution in [0.1, 0.15) is 5.56 Å². The van der Waals surface area contributed by atoms with Crippen LogP contribution in [0.4, 0.5) is 0 Å². The van der Waals surface area contributed by atoms with Gasteiger partial charge in [0.2, 0.25) is 0 Å². The highest BCUT2D eigenvalue weighted by Crippen LogP contribution is 2.33. The number of fused-ring (bicyclic) bond motifs is 1. The molecule has 0 aliphatic heterocycles. The van der Waals surface area contributed by atoms with E-state index in [0.717, 1.165) is 34.4 Å². The second-order valence-electron chi connectivity index (χ2n) is 9.55. The SMILES string of the molecule is COc1ccc2cc(-c3ccc(OCC(O)CNCCc4ccccc4OC)c(OC)c3)n(C)c(=O)c2c1.O=C(O)C(=O)O. The Labute approximate surface area is 254 Å². The molecule has 1 aromatic heterocycles. The molecule has 1 heterocycles. The number of hydrogen-bond acceptors (Lipinski definition) is 9. The number of hydrogen-bond donors (Lipinski definition) is 4. The number of nitrogens with zero attached hydrogens (tertiary/aromatic N) is 1. The molecular weight excluding hydrogens is 572 g/mol. The number of methoxy groups -OCH3 is 3. The summed E-state index contributed by atoms with van der Waals surface area (Å²) in [6.07, 6.45) is 0.0906. The number of carbonyl (C=O) groups is 2. The third-order valence-corrected chi connectivity index (χ3v) is 6.67. The number of aliphatic hydroxyl groups excluding tert-OH is 1. The maximum atomic E-state index is 13.0. The lowest BCUT2D eigenvalue weighted by Gasteiger charge is -2.17. The first kappa shape index (κ1) is 33.4. The van der Waals surface area contributed by atoms with Gasteiger partial charge in [-0.15, -0.1) is 0 Å². The molecule has 1 unspecified atom stereocenters. The summed E-state index contributed by atoms with van der Waals surface area (Å²) in [4.78, 5) is 31.2. The van der Waals surface area contributed by atoms with Crippen LogP contribution in [0.2, 0.25) is 0 Å². The topological polar surface area (TPSA) is 166 Å². The van der Waals surface area contributed by atoms with E-state index in [4.69, 9.17) is 38.7 Å². The Hall–Kier alpha value is -5.07. The fraction of sp³-hybridized carbons (Fsp3) is 0.281. The van der Waals surface area contributed by atoms with E-state index in [9.17, 15) is 9.90 Å². The van der Waals surface area contributed by atoms with Gasteiger partial charge in [0.1, 0.15) is 24.2 Å². The summed E-state index contributed by atoms with van der Waals surface area (Å²) < 4.78 is 23.7. The fourth-order valence-corrected chi connectivity index (χ4v) is 4.38. The van der Waals surface area contributed by atoms with Gasteiger partial charge in [-0.05, 0) is 66.4 Å². The van der Waals surface area contributed by atoms with Crippen LogP contribution in [-0.2, 0) is 23.1 Å². The number of aliphatic hydroxyl groups is 1. The van der Waals surface area contributed by atoms with E-state index < -0.39 is 18.0 Å². The summed E-state index contributed by atoms with van der Waals surface area (Å²) in [7, 11) is 6.54. The van der Waals surface area contributed by atoms with Crippen molar-refractivity contribution in [2.75, 3.05) is 41.0 Å². The number of para-hydroxylation sites is 1. The molecule has 4 aromatic rings. The average Bonchev–Trinajstić information content (AvgIpc) is 3.03. The third-order valence-electron chi connectivity index (χ3n) is 6.67. The van der Waals surface area contributed by atoms with E-state index in [0.29, 0.717) is 35.7 Å². The molecule has 0 spiro atoms. The molecule has 1 atom stereocenters. The summed E-state index contributed by atoms with van der Waals surface area (Å²) >= 11 is 0. The summed E-state index contributed by atoms with van der Waals surface area (Å²) in [5.41, 5.74) is 2.56. The number of nitrogens with one attached hydrogen (secondary N) is 1. The van der Waals surface area contributed by atoms with Crippen molar-refractivity contribution >= 4 is 22.7 Å². The number of aromatic nitrogens is 1. The molecule has 0 aliphatic carbocycles. The third kappa shape index (κ3) is 8.72. The standard InChI is InChI=1S/C30H34N2O6.C2H2O4/c1-32-26(15-21-9-11-24(35-2)17-25(21)30(32)34)22-10-12-28(29(16-22)37-4)38-19-23(33)18-31-14-13-20-7-5-6-8-27(20)36-3;3-1(4)2(5)6/h5-12,15-17,23,31,33H,13-14,18-19H2,1-4H3;(H,3,4)(H,5,6). The Morgan fingerprint density at radius 1 is 0.864 bits per heavy atom. The van der Waals surface area contributed by atoms with Crippen molar-refractivity contribution in [1.29, 1.82) is 0 Å². The molecule has 12 nitrogen and oxygen atoms in total. The lowest BCUT2D eigenvalue weighted by Crippen LogP contribution is -2.32. The van der Waals surface area contributed by atoms with E-state index in [2.05, 4.69) is 5.32 Å². The summed E-state index contributed by atoms with van der Waals surface area (Å²) in [6.45, 7) is 1.19. The normalized spacial score (nSPS) is 11.2. The average molecular weight is 609 g/mol. The van der Waals surface area contributed by atoms with Gasteiger partial charge in [-0.25, -0.2) is 9.59 Å². The largest absolute Gasteiger partial charge is 0.497 e. The monoisotopic (exact) mass is 608 g/mol. The molecule has 4 rings (SSSR count). The quantitative estimate of drug-likeness (QED) is 0.138. The zero-order valence-electron chi connectivity index (χ0n) is 24.9. The highest BCUT2D eigenvalue weighted by molar-refractivity contribution is 6.27. The predicted octanol–water partition coefficient (Wildman–Crippen LogP) is 2.96. The minimum absolute atomic E-state index is 0.105. The van der Waals surface area contributed by atoms with Gasteiger partial charge in [0.25, 0.3) is 5.56 Å². The molecule has 234 valence electrons. The minimum Gasteiger partial charge on any atom is -0.497 e. The van der Waals surface area contributed by atoms with Crippen LogP contribution in [0.25, 0.3) is 22.0 Å². The van der Waals surface area contributed by atoms with Crippen LogP contribution < -0.4 is 29.8 Å². The summed E-state index contributed by atoms with van der Waals surface area (Å²) in [5, 5.41) is 29.9. The number of carboxylic acids is 2. The Morgan fingerprint density at radius 3 is 2.23 bits per heavy atom. The van der Waals surface area contributed by atoms with Crippen LogP contribution >= 0.6 is 0 Å². The Kier molecular flexibility index (Phi) is 12.1. The van der Waals surface area contributed by atoms with Gasteiger partial charge in [-0.1, -0.05) is 24.3 Å². The molecule has 0 radical (unpaired) electrons. The molecule has 44 heavy (non-hydrogen) atoms. The maximum absolute atomic E-state index is 13.0. The first-order valence-electron chi connectivity index (χ1n) is 13.6. The number of ether oxygens (including phenoxy) is 4. The number of carboxylic acid groups (broad SMARTS) is 2. The van der Waals surface area contributed by atoms with Crippen LogP contribution in [0.3, 0.4) is 0 Å². The zero-order chi connectivity index (χ0) is 32.2. The van der Waals surface area contributed by atoms with Gasteiger partial charge in [0.15, 0.2) is 11.5 Å². The van der Waals surface area contributed by atoms with Crippen molar-refractivity contribution < 1.29 is 43.9 Å². The molecule has 0 saturated heterocycles. The van der Waals surface area contributed by atoms with E-state index in [1.54, 1.807) is 45.1 Å². The number of aliphatic carboxylic acids is 2. The lowest BCUT2D eigenvalue weighted by atomic mass is 10.1. The van der Waals surface area contributed by atoms with Crippen molar-refractivity contribution in [3.05, 3.63) is 82.6 Å². The van der Waals surface area contributed by atoms with Crippen LogP contribution in [0.5, 0.6) is 23.0 Å². The highest BCUT2D eigenvalue weighted by atomic mass is 16.5. The molecule has 0 bridgehead atoms. The minimum atomic E-state index is -1.82. The van der Waals surface area contributed by atoms with Crippen molar-refractivity contribution in [3.63, 3.8) is 0 Å². The zero-order valence-corrected chi connectivity index (χ0v) is 24.9. The van der Waals surface area contributed by atoms with E-state index in [1.807, 2.05) is 54.6 Å². The molecule has 0 aliphatic rings. The van der Waals surface area contributed by atoms with Crippen LogP contribution in [0.15, 0.2) is 71.5 Å². The predicted molar refractivity (Wildman–Crippen MR) is 164 cm³/mol. The van der Waals surface area contributed by atoms with Crippen molar-refractivity contribution in [2.45, 2.75) is 12.5 Å². The molecular formula is C32H36N2O10. The Morgan fingerprint density at radius 2 is 1.57 bits per heavy atom. The first-order chi connectivity index (χ1) is 21.1. The van der Waals surface area contributed by atoms with Gasteiger partial charge < -0.3 is 44.2 Å². The molecule has 0 saturated carbocycles. The number of benzene rings is 3. The molecule has 3 aromatic carbocycles. The van der Waals surface area contributed by atoms with Gasteiger partial charge in [-0.2, -0.15) is 0 Å². The number of rotatable bonds is 12. The Bertz CT molecular complexity index is 1640. The van der Waals surface area contributed by atoms with Crippen LogP contribution in [0, 0.1) is 0 Å². The van der Waals surface area contributed by atoms with Gasteiger partial charge in [0, 0.05) is 19.2 Å². The smallest absolute Gasteiger partial charge is 0.414 e. The molecule has 0 fully saturated rings. The Balaban J connectivity index is 0.000000801. The number of pyridine rings is 1. The van der Waals surface area contributed by atoms with E-state index in [-0.39, 0.29) is 12.2 Å². The summed E-state index contributed by atoms with van der Waals surface area (Å²) in [6, 6.07) is 20.8. The van der Waals surface area contributed by atoms with Crippen molar-refractivity contribution in [1.82, 2.24) is 9.88 Å². The van der Waals surface area contributed by atoms with Gasteiger partial charge in [-0.3, -0.25) is 4.79 Å². The maximum Gasteiger partial charge on any atom is 0.414 e. The van der Waals surface area contributed by atoms with Crippen molar-refractivity contribution in [3.8, 4) is 34.3 Å². The first-order valence-corrected chi connectivity index (χ1v) is 13.6. The lowest BCUT2D eigenvalue weighted by molar-refractivity contribution is -0.159. The highest BCUT2D eigenvalue weighted by Gasteiger charge is 2.14. The fourth-order valence-electron chi connectivity index (χ4n) is 4.38. The summed E-state index contributed by atoms with van der Waals surface area (Å²) in [5.74, 6) is -1.12. The van der Waals surface area contributed by atoms with Crippen LogP contribution in [-0.4, -0.2) is 79.0 Å².